The molecule has 0 saturated heterocycles. The third kappa shape index (κ3) is 3.08. The molecule has 4 rings (SSSR count). The number of aromatic nitrogens is 2. The Morgan fingerprint density at radius 2 is 2.14 bits per heavy atom. The number of rotatable bonds is 2. The number of halogens is 3. The molecule has 1 aromatic heterocycles. The lowest BCUT2D eigenvalue weighted by atomic mass is 9.86. The van der Waals surface area contributed by atoms with Crippen molar-refractivity contribution < 1.29 is 23.1 Å². The van der Waals surface area contributed by atoms with E-state index in [0.717, 1.165) is 12.1 Å². The number of allylic oxidation sites excluding steroid dienone is 2. The summed E-state index contributed by atoms with van der Waals surface area (Å²) in [4.78, 5) is 15.6. The van der Waals surface area contributed by atoms with Gasteiger partial charge in [0.1, 0.15) is 5.54 Å². The van der Waals surface area contributed by atoms with Gasteiger partial charge < -0.3 is 10.4 Å². The van der Waals surface area contributed by atoms with E-state index in [9.17, 15) is 18.0 Å². The molecule has 0 fully saturated rings. The summed E-state index contributed by atoms with van der Waals surface area (Å²) in [7, 11) is 0. The van der Waals surface area contributed by atoms with E-state index in [-0.39, 0.29) is 5.56 Å². The van der Waals surface area contributed by atoms with Gasteiger partial charge in [-0.05, 0) is 42.7 Å². The molecule has 2 aromatic rings. The third-order valence-corrected chi connectivity index (χ3v) is 4.77. The largest absolute Gasteiger partial charge is 0.478 e. The molecule has 1 aromatic carbocycles. The fraction of sp³-hybridized carbons (Fsp3) is 0.211. The molecule has 0 radical (unpaired) electrons. The Hall–Kier alpha value is -3.36. The van der Waals surface area contributed by atoms with Gasteiger partial charge in [-0.3, -0.25) is 0 Å². The first-order valence-electron chi connectivity index (χ1n) is 8.41. The molecule has 2 aliphatic rings. The van der Waals surface area contributed by atoms with Crippen LogP contribution in [-0.2, 0) is 6.18 Å². The van der Waals surface area contributed by atoms with Gasteiger partial charge in [-0.25, -0.2) is 14.5 Å². The zero-order chi connectivity index (χ0) is 20.1. The van der Waals surface area contributed by atoms with Crippen LogP contribution in [0.25, 0.3) is 5.57 Å². The number of hydrogen-bond acceptors (Lipinski definition) is 4. The number of nitrogens with zero attached hydrogens (tertiary/aromatic N) is 3. The monoisotopic (exact) mass is 388 g/mol. The molecular weight excluding hydrogens is 373 g/mol. The first kappa shape index (κ1) is 18.0. The SMILES string of the molecule is CC12CC=C(c3cccc(C(F)(F)F)c3)C=C1NC(n1cc(C(=O)O)cn1)=N2. The number of carbonyl (C=O) groups is 1. The molecule has 1 aliphatic heterocycles. The van der Waals surface area contributed by atoms with Crippen molar-refractivity contribution >= 4 is 17.5 Å². The highest BCUT2D eigenvalue weighted by molar-refractivity contribution is 5.92. The number of aromatic carboxylic acids is 1. The number of hydrogen-bond donors (Lipinski definition) is 2. The minimum Gasteiger partial charge on any atom is -0.478 e. The van der Waals surface area contributed by atoms with Crippen LogP contribution in [0.3, 0.4) is 0 Å². The Kier molecular flexibility index (Phi) is 3.91. The second kappa shape index (κ2) is 6.08. The predicted molar refractivity (Wildman–Crippen MR) is 95.7 cm³/mol. The van der Waals surface area contributed by atoms with Gasteiger partial charge >= 0.3 is 12.1 Å². The van der Waals surface area contributed by atoms with Crippen LogP contribution in [0.2, 0.25) is 0 Å². The number of aliphatic imine (C=N–C) groups is 1. The third-order valence-electron chi connectivity index (χ3n) is 4.77. The van der Waals surface area contributed by atoms with Crippen molar-refractivity contribution in [3.63, 3.8) is 0 Å². The molecular formula is C19H15F3N4O2. The molecule has 2 heterocycles. The van der Waals surface area contributed by atoms with Crippen molar-refractivity contribution in [2.45, 2.75) is 25.1 Å². The van der Waals surface area contributed by atoms with Gasteiger partial charge in [0.2, 0.25) is 5.96 Å². The average molecular weight is 388 g/mol. The molecule has 1 aliphatic carbocycles. The second-order valence-corrected chi connectivity index (χ2v) is 6.81. The van der Waals surface area contributed by atoms with Crippen LogP contribution < -0.4 is 5.32 Å². The number of carboxylic acid groups (broad SMARTS) is 1. The maximum atomic E-state index is 13.0. The highest BCUT2D eigenvalue weighted by Crippen LogP contribution is 2.38. The summed E-state index contributed by atoms with van der Waals surface area (Å²) >= 11 is 0. The minimum absolute atomic E-state index is 0.0290. The summed E-state index contributed by atoms with van der Waals surface area (Å²) in [5, 5.41) is 16.1. The van der Waals surface area contributed by atoms with Crippen molar-refractivity contribution in [1.82, 2.24) is 15.1 Å². The van der Waals surface area contributed by atoms with Crippen LogP contribution in [0.15, 0.2) is 59.5 Å². The van der Waals surface area contributed by atoms with E-state index in [1.807, 2.05) is 13.0 Å². The topological polar surface area (TPSA) is 79.5 Å². The average Bonchev–Trinajstić information content (AvgIpc) is 3.24. The van der Waals surface area contributed by atoms with Gasteiger partial charge in [0.15, 0.2) is 0 Å². The fourth-order valence-corrected chi connectivity index (χ4v) is 3.18. The highest BCUT2D eigenvalue weighted by atomic mass is 19.4. The van der Waals surface area contributed by atoms with Gasteiger partial charge in [-0.15, -0.1) is 0 Å². The van der Waals surface area contributed by atoms with E-state index < -0.39 is 23.2 Å². The molecule has 2 N–H and O–H groups in total. The fourth-order valence-electron chi connectivity index (χ4n) is 3.18. The Balaban J connectivity index is 1.63. The van der Waals surface area contributed by atoms with E-state index in [1.54, 1.807) is 12.1 Å². The normalized spacial score (nSPS) is 21.4. The molecule has 0 spiro atoms. The number of carboxylic acids is 1. The summed E-state index contributed by atoms with van der Waals surface area (Å²) < 4.78 is 40.3. The van der Waals surface area contributed by atoms with Crippen LogP contribution in [0, 0.1) is 0 Å². The summed E-state index contributed by atoms with van der Waals surface area (Å²) in [6, 6.07) is 5.17. The summed E-state index contributed by atoms with van der Waals surface area (Å²) in [5.41, 5.74) is 0.550. The summed E-state index contributed by atoms with van der Waals surface area (Å²) in [5.74, 6) is -0.735. The minimum atomic E-state index is -4.41. The van der Waals surface area contributed by atoms with Crippen LogP contribution in [-0.4, -0.2) is 32.4 Å². The van der Waals surface area contributed by atoms with E-state index in [4.69, 9.17) is 5.11 Å². The van der Waals surface area contributed by atoms with Gasteiger partial charge in [0, 0.05) is 11.9 Å². The molecule has 0 saturated carbocycles. The summed E-state index contributed by atoms with van der Waals surface area (Å²) in [6.45, 7) is 1.89. The first-order chi connectivity index (χ1) is 13.2. The van der Waals surface area contributed by atoms with E-state index in [2.05, 4.69) is 15.4 Å². The van der Waals surface area contributed by atoms with E-state index in [1.165, 1.54) is 23.1 Å². The van der Waals surface area contributed by atoms with Crippen molar-refractivity contribution in [2.75, 3.05) is 0 Å². The van der Waals surface area contributed by atoms with Crippen LogP contribution in [0.1, 0.15) is 34.8 Å². The standard InChI is InChI=1S/C19H15F3N4O2/c1-18-6-5-12(11-3-2-4-14(7-11)19(20,21)22)8-15(18)24-17(25-18)26-10-13(9-23-26)16(27)28/h2-5,7-10H,6H2,1H3,(H,24,25)(H,27,28). The lowest BCUT2D eigenvalue weighted by Gasteiger charge is -2.25. The molecule has 1 atom stereocenters. The lowest BCUT2D eigenvalue weighted by Crippen LogP contribution is -2.30. The molecule has 0 amide bonds. The number of alkyl halides is 3. The number of fused-ring (bicyclic) bond motifs is 1. The Morgan fingerprint density at radius 1 is 1.36 bits per heavy atom. The van der Waals surface area contributed by atoms with Crippen LogP contribution >= 0.6 is 0 Å². The van der Waals surface area contributed by atoms with Crippen LogP contribution in [0.5, 0.6) is 0 Å². The Bertz CT molecular complexity index is 1070. The van der Waals surface area contributed by atoms with E-state index >= 15 is 0 Å². The molecule has 6 nitrogen and oxygen atoms in total. The molecule has 1 unspecified atom stereocenters. The molecule has 9 heteroatoms. The van der Waals surface area contributed by atoms with Crippen LogP contribution in [0.4, 0.5) is 13.2 Å². The maximum absolute atomic E-state index is 13.0. The van der Waals surface area contributed by atoms with Crippen molar-refractivity contribution in [3.05, 3.63) is 71.2 Å². The number of benzene rings is 1. The smallest absolute Gasteiger partial charge is 0.416 e. The Labute approximate surface area is 157 Å². The summed E-state index contributed by atoms with van der Waals surface area (Å²) in [6.07, 6.45) is 2.24. The van der Waals surface area contributed by atoms with Gasteiger partial charge in [0.05, 0.1) is 17.3 Å². The first-order valence-corrected chi connectivity index (χ1v) is 8.41. The van der Waals surface area contributed by atoms with Gasteiger partial charge in [-0.1, -0.05) is 18.2 Å². The van der Waals surface area contributed by atoms with Crippen molar-refractivity contribution in [2.24, 2.45) is 4.99 Å². The van der Waals surface area contributed by atoms with Crippen molar-refractivity contribution in [1.29, 1.82) is 0 Å². The molecule has 28 heavy (non-hydrogen) atoms. The zero-order valence-electron chi connectivity index (χ0n) is 14.7. The zero-order valence-corrected chi connectivity index (χ0v) is 14.7. The maximum Gasteiger partial charge on any atom is 0.416 e. The highest BCUT2D eigenvalue weighted by Gasteiger charge is 2.38. The second-order valence-electron chi connectivity index (χ2n) is 6.81. The molecule has 144 valence electrons. The number of nitrogens with one attached hydrogen (secondary N) is 1. The lowest BCUT2D eigenvalue weighted by molar-refractivity contribution is -0.137. The van der Waals surface area contributed by atoms with Gasteiger partial charge in [0.25, 0.3) is 0 Å². The molecule has 0 bridgehead atoms. The predicted octanol–water partition coefficient (Wildman–Crippen LogP) is 3.54. The van der Waals surface area contributed by atoms with E-state index in [0.29, 0.717) is 29.2 Å². The Morgan fingerprint density at radius 3 is 2.82 bits per heavy atom. The van der Waals surface area contributed by atoms with Crippen molar-refractivity contribution in [3.8, 4) is 0 Å². The quantitative estimate of drug-likeness (QED) is 0.825. The van der Waals surface area contributed by atoms with Gasteiger partial charge in [-0.2, -0.15) is 18.3 Å².